The molecule has 6 heteroatoms. The number of benzene rings is 1. The molecule has 0 amide bonds. The molecule has 132 valence electrons. The maximum Gasteiger partial charge on any atom is 0.146 e. The second kappa shape index (κ2) is 8.47. The second-order valence-electron chi connectivity index (χ2n) is 6.57. The highest BCUT2D eigenvalue weighted by Crippen LogP contribution is 2.23. The third-order valence-electron chi connectivity index (χ3n) is 4.43. The fourth-order valence-corrected chi connectivity index (χ4v) is 2.77. The van der Waals surface area contributed by atoms with Crippen LogP contribution >= 0.6 is 11.6 Å². The number of nitrogens with zero attached hydrogens (tertiary/aromatic N) is 3. The molecule has 1 aromatic rings. The van der Waals surface area contributed by atoms with Crippen LogP contribution in [0.15, 0.2) is 40.2 Å². The number of nitrogens with one attached hydrogen (secondary N) is 1. The summed E-state index contributed by atoms with van der Waals surface area (Å²) in [6.45, 7) is 9.97. The molecule has 0 aliphatic carbocycles. The maximum atomic E-state index is 14.0. The third kappa shape index (κ3) is 4.94. The molecule has 0 saturated carbocycles. The fourth-order valence-electron chi connectivity index (χ4n) is 2.60. The van der Waals surface area contributed by atoms with Gasteiger partial charge in [-0.05, 0) is 44.4 Å². The molecule has 0 bridgehead atoms. The van der Waals surface area contributed by atoms with Gasteiger partial charge in [-0.2, -0.15) is 5.11 Å². The van der Waals surface area contributed by atoms with Crippen LogP contribution in [0.4, 0.5) is 10.1 Å². The summed E-state index contributed by atoms with van der Waals surface area (Å²) in [4.78, 5) is 0. The minimum atomic E-state index is -0.297. The summed E-state index contributed by atoms with van der Waals surface area (Å²) in [5, 5.41) is 14.3. The largest absolute Gasteiger partial charge is 0.376 e. The van der Waals surface area contributed by atoms with Gasteiger partial charge in [0, 0.05) is 17.6 Å². The van der Waals surface area contributed by atoms with E-state index in [4.69, 9.17) is 11.6 Å². The van der Waals surface area contributed by atoms with E-state index in [0.29, 0.717) is 16.6 Å². The number of hydrogen-bond acceptors (Lipinski definition) is 4. The summed E-state index contributed by atoms with van der Waals surface area (Å²) < 4.78 is 14.0. The van der Waals surface area contributed by atoms with E-state index in [0.717, 1.165) is 25.1 Å². The number of rotatable bonds is 7. The molecule has 1 aliphatic rings. The number of allylic oxidation sites excluding steroid dienone is 1. The molecule has 0 fully saturated rings. The van der Waals surface area contributed by atoms with Gasteiger partial charge >= 0.3 is 0 Å². The molecule has 2 atom stereocenters. The Hall–Kier alpha value is -1.62. The monoisotopic (exact) mass is 352 g/mol. The van der Waals surface area contributed by atoms with Crippen molar-refractivity contribution in [1.82, 2.24) is 5.01 Å². The van der Waals surface area contributed by atoms with Gasteiger partial charge in [0.25, 0.3) is 0 Å². The highest BCUT2D eigenvalue weighted by Gasteiger charge is 2.23. The third-order valence-corrected chi connectivity index (χ3v) is 4.67. The zero-order valence-electron chi connectivity index (χ0n) is 14.8. The lowest BCUT2D eigenvalue weighted by atomic mass is 10.0. The van der Waals surface area contributed by atoms with Crippen LogP contribution < -0.4 is 5.32 Å². The minimum Gasteiger partial charge on any atom is -0.376 e. The Morgan fingerprint density at radius 1 is 1.50 bits per heavy atom. The molecule has 0 spiro atoms. The summed E-state index contributed by atoms with van der Waals surface area (Å²) >= 11 is 5.98. The summed E-state index contributed by atoms with van der Waals surface area (Å²) in [6.07, 6.45) is 2.86. The topological polar surface area (TPSA) is 40.0 Å². The molecule has 24 heavy (non-hydrogen) atoms. The van der Waals surface area contributed by atoms with Gasteiger partial charge in [0.15, 0.2) is 0 Å². The zero-order chi connectivity index (χ0) is 17.7. The standard InChI is InChI=1S/C18H26ClFN4/c1-5-13(4)16(21-17-10-14(19)6-7-15(17)20)8-9-24-11-18(12(2)3)22-23-24/h5-7,10,12,16,18,21H,8-9,11H2,1-4H3/b13-5+. The van der Waals surface area contributed by atoms with Crippen LogP contribution in [-0.4, -0.2) is 30.2 Å². The van der Waals surface area contributed by atoms with Crippen LogP contribution in [0.5, 0.6) is 0 Å². The summed E-state index contributed by atoms with van der Waals surface area (Å²) in [6, 6.07) is 4.85. The first kappa shape index (κ1) is 18.7. The molecule has 1 heterocycles. The predicted octanol–water partition coefficient (Wildman–Crippen LogP) is 5.32. The molecular formula is C18H26ClFN4. The highest BCUT2D eigenvalue weighted by molar-refractivity contribution is 6.30. The summed E-state index contributed by atoms with van der Waals surface area (Å²) in [5.74, 6) is 0.194. The normalized spacial score (nSPS) is 19.2. The Morgan fingerprint density at radius 2 is 2.25 bits per heavy atom. The quantitative estimate of drug-likeness (QED) is 0.674. The summed E-state index contributed by atoms with van der Waals surface area (Å²) in [7, 11) is 0. The van der Waals surface area contributed by atoms with Gasteiger partial charge in [0.05, 0.1) is 18.3 Å². The second-order valence-corrected chi connectivity index (χ2v) is 7.01. The Balaban J connectivity index is 1.99. The van der Waals surface area contributed by atoms with Crippen LogP contribution in [0.3, 0.4) is 0 Å². The lowest BCUT2D eigenvalue weighted by Gasteiger charge is -2.24. The van der Waals surface area contributed by atoms with E-state index < -0.39 is 0 Å². The molecule has 1 N–H and O–H groups in total. The van der Waals surface area contributed by atoms with E-state index in [-0.39, 0.29) is 17.9 Å². The lowest BCUT2D eigenvalue weighted by molar-refractivity contribution is 0.290. The van der Waals surface area contributed by atoms with E-state index >= 15 is 0 Å². The minimum absolute atomic E-state index is 0.0243. The van der Waals surface area contributed by atoms with E-state index in [2.05, 4.69) is 29.5 Å². The van der Waals surface area contributed by atoms with Crippen LogP contribution in [0.25, 0.3) is 0 Å². The Morgan fingerprint density at radius 3 is 2.88 bits per heavy atom. The molecule has 0 aromatic heterocycles. The van der Waals surface area contributed by atoms with Crippen molar-refractivity contribution >= 4 is 17.3 Å². The smallest absolute Gasteiger partial charge is 0.146 e. The Kier molecular flexibility index (Phi) is 6.60. The van der Waals surface area contributed by atoms with Gasteiger partial charge in [-0.3, -0.25) is 5.01 Å². The van der Waals surface area contributed by atoms with Crippen LogP contribution in [0, 0.1) is 11.7 Å². The molecule has 4 nitrogen and oxygen atoms in total. The highest BCUT2D eigenvalue weighted by atomic mass is 35.5. The van der Waals surface area contributed by atoms with Crippen molar-refractivity contribution in [3.63, 3.8) is 0 Å². The predicted molar refractivity (Wildman–Crippen MR) is 97.9 cm³/mol. The number of halogens is 2. The van der Waals surface area contributed by atoms with Gasteiger partial charge in [-0.15, -0.1) is 0 Å². The molecule has 2 rings (SSSR count). The van der Waals surface area contributed by atoms with E-state index in [1.54, 1.807) is 12.1 Å². The van der Waals surface area contributed by atoms with Gasteiger partial charge in [0.2, 0.25) is 0 Å². The average molecular weight is 353 g/mol. The van der Waals surface area contributed by atoms with Gasteiger partial charge < -0.3 is 5.32 Å². The molecular weight excluding hydrogens is 327 g/mol. The number of anilines is 1. The van der Waals surface area contributed by atoms with E-state index in [1.807, 2.05) is 24.9 Å². The van der Waals surface area contributed by atoms with Crippen LogP contribution in [0.1, 0.15) is 34.1 Å². The van der Waals surface area contributed by atoms with Crippen molar-refractivity contribution in [2.45, 2.75) is 46.2 Å². The van der Waals surface area contributed by atoms with Crippen molar-refractivity contribution in [3.8, 4) is 0 Å². The van der Waals surface area contributed by atoms with E-state index in [1.165, 1.54) is 6.07 Å². The number of hydrogen-bond donors (Lipinski definition) is 1. The first-order chi connectivity index (χ1) is 11.4. The average Bonchev–Trinajstić information content (AvgIpc) is 3.03. The first-order valence-corrected chi connectivity index (χ1v) is 8.78. The Bertz CT molecular complexity index is 615. The molecule has 1 aliphatic heterocycles. The van der Waals surface area contributed by atoms with Gasteiger partial charge in [-0.1, -0.05) is 42.3 Å². The first-order valence-electron chi connectivity index (χ1n) is 8.40. The molecule has 2 unspecified atom stereocenters. The van der Waals surface area contributed by atoms with Crippen molar-refractivity contribution < 1.29 is 4.39 Å². The molecule has 0 radical (unpaired) electrons. The van der Waals surface area contributed by atoms with Crippen molar-refractivity contribution in [1.29, 1.82) is 0 Å². The van der Waals surface area contributed by atoms with Gasteiger partial charge in [0.1, 0.15) is 5.82 Å². The lowest BCUT2D eigenvalue weighted by Crippen LogP contribution is -2.30. The fraction of sp³-hybridized carbons (Fsp3) is 0.556. The maximum absolute atomic E-state index is 14.0. The van der Waals surface area contributed by atoms with Gasteiger partial charge in [-0.25, -0.2) is 4.39 Å². The SMILES string of the molecule is C/C=C(\C)C(CCN1CC(C(C)C)N=N1)Nc1cc(Cl)ccc1F. The molecule has 0 saturated heterocycles. The van der Waals surface area contributed by atoms with Crippen LogP contribution in [-0.2, 0) is 0 Å². The van der Waals surface area contributed by atoms with Crippen molar-refractivity contribution in [2.24, 2.45) is 16.3 Å². The van der Waals surface area contributed by atoms with Crippen LogP contribution in [0.2, 0.25) is 5.02 Å². The molecule has 1 aromatic carbocycles. The van der Waals surface area contributed by atoms with E-state index in [9.17, 15) is 4.39 Å². The van der Waals surface area contributed by atoms with Crippen molar-refractivity contribution in [3.05, 3.63) is 40.7 Å². The zero-order valence-corrected chi connectivity index (χ0v) is 15.5. The Labute approximate surface area is 148 Å². The summed E-state index contributed by atoms with van der Waals surface area (Å²) in [5.41, 5.74) is 1.59. The van der Waals surface area contributed by atoms with Crippen molar-refractivity contribution in [2.75, 3.05) is 18.4 Å².